The van der Waals surface area contributed by atoms with Gasteiger partial charge in [-0.15, -0.1) is 0 Å². The van der Waals surface area contributed by atoms with E-state index in [2.05, 4.69) is 4.74 Å². The van der Waals surface area contributed by atoms with Crippen LogP contribution < -0.4 is 4.90 Å². The first-order chi connectivity index (χ1) is 13.5. The lowest BCUT2D eigenvalue weighted by molar-refractivity contribution is -0.143. The number of alkyl halides is 2. The van der Waals surface area contributed by atoms with E-state index in [1.165, 1.54) is 12.1 Å². The van der Waals surface area contributed by atoms with E-state index < -0.39 is 27.9 Å². The standard InChI is InChI=1S/C18H25F2NO7S/c1-3-5-16(22)27-12-11-21(10-4-2)15-8-6-14(7-9-15)17(23)28-13-18(19,20)29(24,25)26/h6-9H,3-5,10-13H2,1-2H3,(H,24,25,26). The maximum absolute atomic E-state index is 13.1. The number of ether oxygens (including phenoxy) is 2. The minimum Gasteiger partial charge on any atom is -0.464 e. The van der Waals surface area contributed by atoms with E-state index in [1.807, 2.05) is 18.7 Å². The Kier molecular flexibility index (Phi) is 9.44. The van der Waals surface area contributed by atoms with Crippen molar-refractivity contribution >= 4 is 27.7 Å². The molecular weight excluding hydrogens is 412 g/mol. The van der Waals surface area contributed by atoms with Gasteiger partial charge in [-0.05, 0) is 37.1 Å². The Hall–Kier alpha value is -2.27. The number of benzene rings is 1. The summed E-state index contributed by atoms with van der Waals surface area (Å²) in [5.41, 5.74) is 0.656. The van der Waals surface area contributed by atoms with Crippen LogP contribution in [0.2, 0.25) is 0 Å². The van der Waals surface area contributed by atoms with Crippen molar-refractivity contribution in [2.45, 2.75) is 38.4 Å². The molecule has 1 aromatic rings. The molecule has 0 aromatic heterocycles. The zero-order valence-electron chi connectivity index (χ0n) is 16.3. The van der Waals surface area contributed by atoms with E-state index in [1.54, 1.807) is 12.1 Å². The van der Waals surface area contributed by atoms with Crippen molar-refractivity contribution in [1.82, 2.24) is 0 Å². The second-order valence-corrected chi connectivity index (χ2v) is 7.74. The van der Waals surface area contributed by atoms with Crippen molar-refractivity contribution in [2.75, 3.05) is 31.2 Å². The first-order valence-electron chi connectivity index (χ1n) is 9.04. The smallest absolute Gasteiger partial charge is 0.402 e. The van der Waals surface area contributed by atoms with Crippen molar-refractivity contribution in [3.63, 3.8) is 0 Å². The van der Waals surface area contributed by atoms with Gasteiger partial charge >= 0.3 is 27.3 Å². The summed E-state index contributed by atoms with van der Waals surface area (Å²) < 4.78 is 65.1. The van der Waals surface area contributed by atoms with Crippen LogP contribution in [-0.2, 0) is 24.4 Å². The van der Waals surface area contributed by atoms with Crippen LogP contribution in [-0.4, -0.2) is 56.5 Å². The zero-order valence-corrected chi connectivity index (χ0v) is 17.1. The van der Waals surface area contributed by atoms with Crippen LogP contribution in [0.4, 0.5) is 14.5 Å². The Morgan fingerprint density at radius 2 is 1.69 bits per heavy atom. The van der Waals surface area contributed by atoms with Crippen LogP contribution in [0.3, 0.4) is 0 Å². The summed E-state index contributed by atoms with van der Waals surface area (Å²) in [5.74, 6) is -1.43. The number of esters is 2. The molecule has 0 bridgehead atoms. The third-order valence-electron chi connectivity index (χ3n) is 3.79. The summed E-state index contributed by atoms with van der Waals surface area (Å²) in [5, 5.41) is -4.59. The summed E-state index contributed by atoms with van der Waals surface area (Å²) in [4.78, 5) is 25.2. The second-order valence-electron chi connectivity index (χ2n) is 6.19. The quantitative estimate of drug-likeness (QED) is 0.393. The van der Waals surface area contributed by atoms with Crippen LogP contribution in [0.1, 0.15) is 43.5 Å². The number of hydrogen-bond acceptors (Lipinski definition) is 7. The predicted octanol–water partition coefficient (Wildman–Crippen LogP) is 2.88. The van der Waals surface area contributed by atoms with Crippen LogP contribution in [0.5, 0.6) is 0 Å². The number of rotatable bonds is 12. The monoisotopic (exact) mass is 437 g/mol. The van der Waals surface area contributed by atoms with Gasteiger partial charge in [-0.25, -0.2) is 4.79 Å². The Morgan fingerprint density at radius 1 is 1.07 bits per heavy atom. The molecule has 29 heavy (non-hydrogen) atoms. The van der Waals surface area contributed by atoms with Gasteiger partial charge in [-0.1, -0.05) is 13.8 Å². The van der Waals surface area contributed by atoms with E-state index in [9.17, 15) is 26.8 Å². The van der Waals surface area contributed by atoms with Crippen molar-refractivity contribution in [1.29, 1.82) is 0 Å². The molecule has 1 aromatic carbocycles. The van der Waals surface area contributed by atoms with Gasteiger partial charge in [0.2, 0.25) is 0 Å². The Bertz CT molecular complexity index is 782. The van der Waals surface area contributed by atoms with Crippen LogP contribution >= 0.6 is 0 Å². The third kappa shape index (κ3) is 7.94. The molecule has 8 nitrogen and oxygen atoms in total. The summed E-state index contributed by atoms with van der Waals surface area (Å²) in [6.07, 6.45) is 1.86. The molecule has 0 spiro atoms. The van der Waals surface area contributed by atoms with Crippen molar-refractivity contribution in [3.8, 4) is 0 Å². The lowest BCUT2D eigenvalue weighted by atomic mass is 10.2. The molecule has 11 heteroatoms. The van der Waals surface area contributed by atoms with Gasteiger partial charge in [0.15, 0.2) is 6.61 Å². The Labute approximate surface area is 168 Å². The molecule has 0 amide bonds. The number of carbonyl (C=O) groups is 2. The van der Waals surface area contributed by atoms with Crippen LogP contribution in [0.25, 0.3) is 0 Å². The molecule has 1 N–H and O–H groups in total. The Morgan fingerprint density at radius 3 is 2.21 bits per heavy atom. The average Bonchev–Trinajstić information content (AvgIpc) is 2.65. The highest BCUT2D eigenvalue weighted by molar-refractivity contribution is 7.86. The highest BCUT2D eigenvalue weighted by Gasteiger charge is 2.45. The first-order valence-corrected chi connectivity index (χ1v) is 10.5. The minimum absolute atomic E-state index is 0.0642. The van der Waals surface area contributed by atoms with Gasteiger partial charge in [0, 0.05) is 18.7 Å². The fraction of sp³-hybridized carbons (Fsp3) is 0.556. The maximum atomic E-state index is 13.1. The molecule has 1 rings (SSSR count). The molecule has 0 aliphatic heterocycles. The van der Waals surface area contributed by atoms with Gasteiger partial charge < -0.3 is 14.4 Å². The number of hydrogen-bond donors (Lipinski definition) is 1. The maximum Gasteiger partial charge on any atom is 0.402 e. The van der Waals surface area contributed by atoms with Gasteiger partial charge in [-0.2, -0.15) is 17.2 Å². The number of anilines is 1. The Balaban J connectivity index is 2.71. The van der Waals surface area contributed by atoms with E-state index in [0.29, 0.717) is 25.9 Å². The molecule has 0 aliphatic rings. The number of carbonyl (C=O) groups excluding carboxylic acids is 2. The van der Waals surface area contributed by atoms with Crippen LogP contribution in [0, 0.1) is 0 Å². The average molecular weight is 437 g/mol. The SMILES string of the molecule is CCCC(=O)OCCN(CCC)c1ccc(C(=O)OCC(F)(F)S(=O)(=O)O)cc1. The molecule has 0 atom stereocenters. The van der Waals surface area contributed by atoms with E-state index in [0.717, 1.165) is 12.1 Å². The number of nitrogens with zero attached hydrogens (tertiary/aromatic N) is 1. The normalized spacial score (nSPS) is 11.8. The molecule has 0 saturated heterocycles. The van der Waals surface area contributed by atoms with E-state index in [4.69, 9.17) is 9.29 Å². The van der Waals surface area contributed by atoms with Gasteiger partial charge in [0.25, 0.3) is 0 Å². The van der Waals surface area contributed by atoms with E-state index >= 15 is 0 Å². The van der Waals surface area contributed by atoms with Crippen molar-refractivity contribution < 1.29 is 40.8 Å². The van der Waals surface area contributed by atoms with Gasteiger partial charge in [-0.3, -0.25) is 9.35 Å². The van der Waals surface area contributed by atoms with Crippen molar-refractivity contribution in [3.05, 3.63) is 29.8 Å². The summed E-state index contributed by atoms with van der Waals surface area (Å²) in [6, 6.07) is 5.83. The molecule has 0 fully saturated rings. The fourth-order valence-corrected chi connectivity index (χ4v) is 2.51. The third-order valence-corrected chi connectivity index (χ3v) is 4.66. The molecule has 0 saturated carbocycles. The topological polar surface area (TPSA) is 110 Å². The molecule has 0 aliphatic carbocycles. The predicted molar refractivity (Wildman–Crippen MR) is 102 cm³/mol. The highest BCUT2D eigenvalue weighted by Crippen LogP contribution is 2.22. The molecule has 164 valence electrons. The van der Waals surface area contributed by atoms with Crippen molar-refractivity contribution in [2.24, 2.45) is 0 Å². The first kappa shape index (κ1) is 24.8. The van der Waals surface area contributed by atoms with Gasteiger partial charge in [0.05, 0.1) is 12.1 Å². The molecule has 0 heterocycles. The van der Waals surface area contributed by atoms with Crippen LogP contribution in [0.15, 0.2) is 24.3 Å². The lowest BCUT2D eigenvalue weighted by Crippen LogP contribution is -2.34. The zero-order chi connectivity index (χ0) is 22.1. The summed E-state index contributed by atoms with van der Waals surface area (Å²) >= 11 is 0. The highest BCUT2D eigenvalue weighted by atomic mass is 32.2. The summed E-state index contributed by atoms with van der Waals surface area (Å²) in [7, 11) is -5.68. The lowest BCUT2D eigenvalue weighted by Gasteiger charge is -2.24. The largest absolute Gasteiger partial charge is 0.464 e. The van der Waals surface area contributed by atoms with Gasteiger partial charge in [0.1, 0.15) is 6.61 Å². The summed E-state index contributed by atoms with van der Waals surface area (Å²) in [6.45, 7) is 3.35. The van der Waals surface area contributed by atoms with E-state index in [-0.39, 0.29) is 18.1 Å². The number of halogens is 2. The molecule has 0 unspecified atom stereocenters. The minimum atomic E-state index is -5.68. The molecule has 0 radical (unpaired) electrons. The molecular formula is C18H25F2NO7S. The fourth-order valence-electron chi connectivity index (χ4n) is 2.30. The second kappa shape index (κ2) is 11.1.